The van der Waals surface area contributed by atoms with Crippen molar-refractivity contribution in [3.05, 3.63) is 46.2 Å². The molecule has 0 saturated heterocycles. The van der Waals surface area contributed by atoms with Gasteiger partial charge < -0.3 is 5.11 Å². The average molecular weight is 282 g/mol. The van der Waals surface area contributed by atoms with Crippen molar-refractivity contribution >= 4 is 15.9 Å². The minimum Gasteiger partial charge on any atom is -0.386 e. The highest BCUT2D eigenvalue weighted by molar-refractivity contribution is 9.10. The van der Waals surface area contributed by atoms with E-state index in [1.165, 1.54) is 0 Å². The lowest BCUT2D eigenvalue weighted by Crippen LogP contribution is -2.08. The molecule has 1 heterocycles. The van der Waals surface area contributed by atoms with E-state index >= 15 is 0 Å². The van der Waals surface area contributed by atoms with Crippen LogP contribution in [-0.4, -0.2) is 20.1 Å². The summed E-state index contributed by atoms with van der Waals surface area (Å²) in [6, 6.07) is 7.85. The number of hydrogen-bond donors (Lipinski definition) is 1. The predicted octanol–water partition coefficient (Wildman–Crippen LogP) is 1.85. The molecule has 0 aliphatic carbocycles. The topological polar surface area (TPSA) is 50.9 Å². The van der Waals surface area contributed by atoms with Gasteiger partial charge in [-0.05, 0) is 11.6 Å². The Labute approximate surface area is 102 Å². The van der Waals surface area contributed by atoms with E-state index in [2.05, 4.69) is 26.2 Å². The zero-order valence-corrected chi connectivity index (χ0v) is 10.4. The van der Waals surface area contributed by atoms with Crippen molar-refractivity contribution in [2.24, 2.45) is 7.05 Å². The molecule has 2 rings (SSSR count). The highest BCUT2D eigenvalue weighted by atomic mass is 79.9. The van der Waals surface area contributed by atoms with Crippen molar-refractivity contribution in [2.45, 2.75) is 12.5 Å². The lowest BCUT2D eigenvalue weighted by molar-refractivity contribution is 0.168. The van der Waals surface area contributed by atoms with Crippen LogP contribution in [-0.2, 0) is 13.5 Å². The Bertz CT molecular complexity index is 484. The first kappa shape index (κ1) is 11.3. The van der Waals surface area contributed by atoms with Gasteiger partial charge in [0.05, 0.1) is 11.9 Å². The first-order valence-corrected chi connectivity index (χ1v) is 5.74. The SMILES string of the molecule is Cn1nncc1C(O)Cc1ccccc1Br. The molecule has 0 bridgehead atoms. The molecule has 1 aromatic heterocycles. The lowest BCUT2D eigenvalue weighted by Gasteiger charge is -2.11. The molecular formula is C11H12BrN3O. The molecule has 0 aliphatic heterocycles. The fraction of sp³-hybridized carbons (Fsp3) is 0.273. The molecular weight excluding hydrogens is 270 g/mol. The van der Waals surface area contributed by atoms with Gasteiger partial charge in [-0.2, -0.15) is 0 Å². The molecule has 0 fully saturated rings. The van der Waals surface area contributed by atoms with Crippen LogP contribution in [0.5, 0.6) is 0 Å². The van der Waals surface area contributed by atoms with Crippen molar-refractivity contribution in [1.82, 2.24) is 15.0 Å². The second-order valence-corrected chi connectivity index (χ2v) is 4.45. The summed E-state index contributed by atoms with van der Waals surface area (Å²) in [7, 11) is 1.77. The molecule has 0 radical (unpaired) electrons. The monoisotopic (exact) mass is 281 g/mol. The molecule has 0 spiro atoms. The van der Waals surface area contributed by atoms with Crippen LogP contribution in [0.3, 0.4) is 0 Å². The van der Waals surface area contributed by atoms with Crippen LogP contribution in [0.2, 0.25) is 0 Å². The molecule has 5 heteroatoms. The standard InChI is InChI=1S/C11H12BrN3O/c1-15-10(7-13-14-15)11(16)6-8-4-2-3-5-9(8)12/h2-5,7,11,16H,6H2,1H3. The highest BCUT2D eigenvalue weighted by Gasteiger charge is 2.14. The van der Waals surface area contributed by atoms with Crippen molar-refractivity contribution in [1.29, 1.82) is 0 Å². The van der Waals surface area contributed by atoms with E-state index in [0.29, 0.717) is 6.42 Å². The molecule has 1 atom stereocenters. The summed E-state index contributed by atoms with van der Waals surface area (Å²) in [5.74, 6) is 0. The van der Waals surface area contributed by atoms with Gasteiger partial charge in [-0.25, -0.2) is 4.68 Å². The number of aliphatic hydroxyl groups is 1. The molecule has 4 nitrogen and oxygen atoms in total. The number of rotatable bonds is 3. The first-order chi connectivity index (χ1) is 7.68. The van der Waals surface area contributed by atoms with Gasteiger partial charge >= 0.3 is 0 Å². The fourth-order valence-electron chi connectivity index (χ4n) is 1.58. The van der Waals surface area contributed by atoms with Gasteiger partial charge in [-0.15, -0.1) is 5.10 Å². The van der Waals surface area contributed by atoms with Gasteiger partial charge in [-0.3, -0.25) is 0 Å². The van der Waals surface area contributed by atoms with E-state index in [0.717, 1.165) is 15.7 Å². The average Bonchev–Trinajstić information content (AvgIpc) is 2.68. The maximum absolute atomic E-state index is 10.0. The third kappa shape index (κ3) is 2.31. The van der Waals surface area contributed by atoms with Crippen molar-refractivity contribution in [3.63, 3.8) is 0 Å². The molecule has 0 aliphatic rings. The zero-order valence-electron chi connectivity index (χ0n) is 8.84. The Balaban J connectivity index is 2.17. The second-order valence-electron chi connectivity index (χ2n) is 3.59. The number of benzene rings is 1. The summed E-state index contributed by atoms with van der Waals surface area (Å²) < 4.78 is 2.59. The number of hydrogen-bond acceptors (Lipinski definition) is 3. The minimum absolute atomic E-state index is 0.544. The largest absolute Gasteiger partial charge is 0.386 e. The molecule has 16 heavy (non-hydrogen) atoms. The van der Waals surface area contributed by atoms with Crippen LogP contribution < -0.4 is 0 Å². The Kier molecular flexibility index (Phi) is 3.36. The third-order valence-electron chi connectivity index (χ3n) is 2.46. The van der Waals surface area contributed by atoms with E-state index in [1.807, 2.05) is 24.3 Å². The van der Waals surface area contributed by atoms with Crippen LogP contribution in [0.4, 0.5) is 0 Å². The Hall–Kier alpha value is -1.20. The van der Waals surface area contributed by atoms with Crippen molar-refractivity contribution in [3.8, 4) is 0 Å². The maximum Gasteiger partial charge on any atom is 0.101 e. The summed E-state index contributed by atoms with van der Waals surface area (Å²) in [5.41, 5.74) is 1.78. The number of aryl methyl sites for hydroxylation is 1. The van der Waals surface area contributed by atoms with Gasteiger partial charge in [0.2, 0.25) is 0 Å². The number of aliphatic hydroxyl groups excluding tert-OH is 1. The summed E-state index contributed by atoms with van der Waals surface area (Å²) in [6.07, 6.45) is 1.54. The van der Waals surface area contributed by atoms with Crippen LogP contribution in [0.15, 0.2) is 34.9 Å². The Morgan fingerprint density at radius 2 is 2.19 bits per heavy atom. The molecule has 0 saturated carbocycles. The quantitative estimate of drug-likeness (QED) is 0.934. The van der Waals surface area contributed by atoms with Gasteiger partial charge in [0, 0.05) is 17.9 Å². The molecule has 84 valence electrons. The summed E-state index contributed by atoms with van der Waals surface area (Å²) >= 11 is 3.46. The molecule has 1 unspecified atom stereocenters. The zero-order chi connectivity index (χ0) is 11.5. The molecule has 1 N–H and O–H groups in total. The van der Waals surface area contributed by atoms with Crippen LogP contribution >= 0.6 is 15.9 Å². The predicted molar refractivity (Wildman–Crippen MR) is 63.8 cm³/mol. The first-order valence-electron chi connectivity index (χ1n) is 4.94. The summed E-state index contributed by atoms with van der Waals surface area (Å²) in [5, 5.41) is 17.6. The Morgan fingerprint density at radius 1 is 1.44 bits per heavy atom. The maximum atomic E-state index is 10.0. The summed E-state index contributed by atoms with van der Waals surface area (Å²) in [6.45, 7) is 0. The number of nitrogens with zero attached hydrogens (tertiary/aromatic N) is 3. The number of halogens is 1. The van der Waals surface area contributed by atoms with Crippen molar-refractivity contribution < 1.29 is 5.11 Å². The molecule has 2 aromatic rings. The smallest absolute Gasteiger partial charge is 0.101 e. The van der Waals surface area contributed by atoms with E-state index in [9.17, 15) is 5.11 Å². The normalized spacial score (nSPS) is 12.7. The van der Waals surface area contributed by atoms with Crippen LogP contribution in [0.1, 0.15) is 17.4 Å². The highest BCUT2D eigenvalue weighted by Crippen LogP contribution is 2.22. The third-order valence-corrected chi connectivity index (χ3v) is 3.24. The van der Waals surface area contributed by atoms with Gasteiger partial charge in [-0.1, -0.05) is 39.3 Å². The van der Waals surface area contributed by atoms with Crippen molar-refractivity contribution in [2.75, 3.05) is 0 Å². The molecule has 0 amide bonds. The van der Waals surface area contributed by atoms with Crippen LogP contribution in [0.25, 0.3) is 0 Å². The molecule has 1 aromatic carbocycles. The lowest BCUT2D eigenvalue weighted by atomic mass is 10.1. The van der Waals surface area contributed by atoms with Gasteiger partial charge in [0.15, 0.2) is 0 Å². The van der Waals surface area contributed by atoms with E-state index in [4.69, 9.17) is 0 Å². The minimum atomic E-state index is -0.585. The number of aromatic nitrogens is 3. The van der Waals surface area contributed by atoms with Gasteiger partial charge in [0.1, 0.15) is 6.10 Å². The van der Waals surface area contributed by atoms with E-state index < -0.39 is 6.10 Å². The van der Waals surface area contributed by atoms with E-state index in [-0.39, 0.29) is 0 Å². The Morgan fingerprint density at radius 3 is 2.81 bits per heavy atom. The fourth-order valence-corrected chi connectivity index (χ4v) is 2.02. The summed E-state index contributed by atoms with van der Waals surface area (Å²) in [4.78, 5) is 0. The van der Waals surface area contributed by atoms with Crippen LogP contribution in [0, 0.1) is 0 Å². The second kappa shape index (κ2) is 4.76. The van der Waals surface area contributed by atoms with Gasteiger partial charge in [0.25, 0.3) is 0 Å². The van der Waals surface area contributed by atoms with E-state index in [1.54, 1.807) is 17.9 Å².